The first-order valence-corrected chi connectivity index (χ1v) is 14.2. The van der Waals surface area contributed by atoms with Crippen LogP contribution in [0, 0.1) is 6.92 Å². The van der Waals surface area contributed by atoms with Gasteiger partial charge in [0.25, 0.3) is 5.91 Å². The standard InChI is InChI=1S/C35H35N4O.BrH/c1-26-16-18-28(19-17-26)22-36-25-37(32-15-9-8-14-31(32)36)24-33(40)38-21-20-35(2)29-12-6-7-13-30(29)39(34(35)38)23-27-10-4-3-5-11-27;/h3-19,25,34H,20-24H2,1-2H3;1H/q+1;/p-1. The molecule has 5 aromatic rings. The van der Waals surface area contributed by atoms with Gasteiger partial charge in [-0.25, -0.2) is 9.13 Å². The number of anilines is 1. The maximum atomic E-state index is 14.2. The second-order valence-corrected chi connectivity index (χ2v) is 11.6. The minimum atomic E-state index is -0.0921. The van der Waals surface area contributed by atoms with Crippen molar-refractivity contribution in [3.63, 3.8) is 0 Å². The molecule has 3 heterocycles. The van der Waals surface area contributed by atoms with E-state index in [1.54, 1.807) is 0 Å². The number of likely N-dealkylation sites (tertiary alicyclic amines) is 1. The van der Waals surface area contributed by atoms with Crippen LogP contribution in [0.3, 0.4) is 0 Å². The number of aryl methyl sites for hydroxylation is 1. The van der Waals surface area contributed by atoms with Gasteiger partial charge in [0.15, 0.2) is 17.6 Å². The molecule has 5 nitrogen and oxygen atoms in total. The van der Waals surface area contributed by atoms with Crippen LogP contribution >= 0.6 is 0 Å². The van der Waals surface area contributed by atoms with Crippen molar-refractivity contribution >= 4 is 22.6 Å². The van der Waals surface area contributed by atoms with Gasteiger partial charge in [0, 0.05) is 24.2 Å². The molecule has 2 unspecified atom stereocenters. The van der Waals surface area contributed by atoms with Gasteiger partial charge in [0.1, 0.15) is 12.7 Å². The van der Waals surface area contributed by atoms with Gasteiger partial charge in [0.05, 0.1) is 0 Å². The molecule has 41 heavy (non-hydrogen) atoms. The molecule has 0 spiro atoms. The van der Waals surface area contributed by atoms with Crippen LogP contribution in [0.5, 0.6) is 0 Å². The molecule has 0 aliphatic carbocycles. The van der Waals surface area contributed by atoms with E-state index in [4.69, 9.17) is 0 Å². The van der Waals surface area contributed by atoms with Gasteiger partial charge in [0.2, 0.25) is 6.33 Å². The molecule has 1 fully saturated rings. The van der Waals surface area contributed by atoms with Crippen molar-refractivity contribution in [1.82, 2.24) is 9.47 Å². The van der Waals surface area contributed by atoms with Gasteiger partial charge in [-0.15, -0.1) is 0 Å². The average molecular weight is 608 g/mol. The number of hydrogen-bond donors (Lipinski definition) is 0. The summed E-state index contributed by atoms with van der Waals surface area (Å²) >= 11 is 0. The van der Waals surface area contributed by atoms with E-state index in [0.29, 0.717) is 6.54 Å². The topological polar surface area (TPSA) is 32.4 Å². The Kier molecular flexibility index (Phi) is 7.20. The van der Waals surface area contributed by atoms with Crippen LogP contribution in [0.25, 0.3) is 11.0 Å². The smallest absolute Gasteiger partial charge is 0.266 e. The summed E-state index contributed by atoms with van der Waals surface area (Å²) in [5.74, 6) is 0.169. The SMILES string of the molecule is Cc1ccc(C[n+]2cn(CC(=O)N3CCC4(C)c5ccccc5N(Cc5ccccc5)C34)c3ccccc32)cc1.[Br-]. The number of imidazole rings is 1. The molecule has 2 atom stereocenters. The summed E-state index contributed by atoms with van der Waals surface area (Å²) in [5.41, 5.74) is 8.50. The second kappa shape index (κ2) is 10.8. The highest BCUT2D eigenvalue weighted by atomic mass is 79.9. The maximum Gasteiger partial charge on any atom is 0.266 e. The van der Waals surface area contributed by atoms with E-state index in [1.165, 1.54) is 27.9 Å². The van der Waals surface area contributed by atoms with Gasteiger partial charge >= 0.3 is 0 Å². The third-order valence-electron chi connectivity index (χ3n) is 8.94. The minimum absolute atomic E-state index is 0. The zero-order valence-corrected chi connectivity index (χ0v) is 25.2. The highest BCUT2D eigenvalue weighted by molar-refractivity contribution is 5.81. The molecule has 0 N–H and O–H groups in total. The van der Waals surface area contributed by atoms with Crippen molar-refractivity contribution < 1.29 is 26.3 Å². The monoisotopic (exact) mass is 606 g/mol. The summed E-state index contributed by atoms with van der Waals surface area (Å²) in [6.45, 7) is 7.10. The fourth-order valence-corrected chi connectivity index (χ4v) is 6.91. The lowest BCUT2D eigenvalue weighted by atomic mass is 9.81. The van der Waals surface area contributed by atoms with Crippen molar-refractivity contribution in [3.8, 4) is 0 Å². The molecule has 6 heteroatoms. The molecule has 0 bridgehead atoms. The number of carbonyl (C=O) groups is 1. The molecule has 208 valence electrons. The van der Waals surface area contributed by atoms with Crippen molar-refractivity contribution in [2.24, 2.45) is 0 Å². The number of benzene rings is 4. The zero-order valence-electron chi connectivity index (χ0n) is 23.6. The first-order chi connectivity index (χ1) is 19.5. The average Bonchev–Trinajstić information content (AvgIpc) is 3.58. The second-order valence-electron chi connectivity index (χ2n) is 11.6. The predicted molar refractivity (Wildman–Crippen MR) is 159 cm³/mol. The molecular formula is C35H35BrN4O. The van der Waals surface area contributed by atoms with E-state index in [-0.39, 0.29) is 34.5 Å². The summed E-state index contributed by atoms with van der Waals surface area (Å²) < 4.78 is 4.39. The van der Waals surface area contributed by atoms with Gasteiger partial charge in [-0.2, -0.15) is 0 Å². The number of rotatable bonds is 6. The van der Waals surface area contributed by atoms with Crippen LogP contribution < -0.4 is 26.4 Å². The van der Waals surface area contributed by atoms with Crippen LogP contribution in [0.4, 0.5) is 5.69 Å². The van der Waals surface area contributed by atoms with Gasteiger partial charge in [-0.3, -0.25) is 4.79 Å². The van der Waals surface area contributed by atoms with E-state index < -0.39 is 0 Å². The Morgan fingerprint density at radius 2 is 1.59 bits per heavy atom. The molecule has 2 aliphatic rings. The number of carbonyl (C=O) groups excluding carboxylic acids is 1. The lowest BCUT2D eigenvalue weighted by Crippen LogP contribution is -3.00. The third-order valence-corrected chi connectivity index (χ3v) is 8.94. The number of para-hydroxylation sites is 3. The summed E-state index contributed by atoms with van der Waals surface area (Å²) in [4.78, 5) is 18.8. The first kappa shape index (κ1) is 27.3. The molecule has 7 rings (SSSR count). The Labute approximate surface area is 252 Å². The molecule has 4 aromatic carbocycles. The fourth-order valence-electron chi connectivity index (χ4n) is 6.91. The molecular weight excluding hydrogens is 572 g/mol. The molecule has 1 aromatic heterocycles. The minimum Gasteiger partial charge on any atom is -1.00 e. The Morgan fingerprint density at radius 3 is 2.39 bits per heavy atom. The van der Waals surface area contributed by atoms with E-state index in [2.05, 4.69) is 142 Å². The van der Waals surface area contributed by atoms with Crippen molar-refractivity contribution in [1.29, 1.82) is 0 Å². The summed E-state index contributed by atoms with van der Waals surface area (Å²) in [6, 6.07) is 36.4. The first-order valence-electron chi connectivity index (χ1n) is 14.2. The summed E-state index contributed by atoms with van der Waals surface area (Å²) in [6.07, 6.45) is 3.08. The largest absolute Gasteiger partial charge is 1.00 e. The number of fused-ring (bicyclic) bond motifs is 4. The normalized spacial score (nSPS) is 19.2. The predicted octanol–water partition coefficient (Wildman–Crippen LogP) is 2.83. The Morgan fingerprint density at radius 1 is 0.878 bits per heavy atom. The van der Waals surface area contributed by atoms with E-state index in [9.17, 15) is 4.79 Å². The Balaban J connectivity index is 0.00000302. The van der Waals surface area contributed by atoms with Crippen LogP contribution in [-0.4, -0.2) is 28.1 Å². The summed E-state index contributed by atoms with van der Waals surface area (Å²) in [7, 11) is 0. The maximum absolute atomic E-state index is 14.2. The van der Waals surface area contributed by atoms with Crippen LogP contribution in [0.1, 0.15) is 35.6 Å². The fraction of sp³-hybridized carbons (Fsp3) is 0.257. The van der Waals surface area contributed by atoms with Crippen molar-refractivity contribution in [2.75, 3.05) is 11.4 Å². The van der Waals surface area contributed by atoms with Crippen molar-refractivity contribution in [2.45, 2.75) is 51.5 Å². The molecule has 0 saturated carbocycles. The molecule has 0 radical (unpaired) electrons. The molecule has 1 amide bonds. The number of aromatic nitrogens is 2. The van der Waals surface area contributed by atoms with E-state index in [1.807, 2.05) is 0 Å². The lowest BCUT2D eigenvalue weighted by molar-refractivity contribution is -0.663. The Hall–Kier alpha value is -3.90. The van der Waals surface area contributed by atoms with Gasteiger partial charge in [-0.05, 0) is 48.2 Å². The number of halogens is 1. The van der Waals surface area contributed by atoms with E-state index in [0.717, 1.165) is 37.1 Å². The van der Waals surface area contributed by atoms with Gasteiger partial charge < -0.3 is 26.8 Å². The highest BCUT2D eigenvalue weighted by Crippen LogP contribution is 2.52. The molecule has 1 saturated heterocycles. The zero-order chi connectivity index (χ0) is 27.3. The number of hydrogen-bond acceptors (Lipinski definition) is 2. The Bertz CT molecular complexity index is 1700. The lowest BCUT2D eigenvalue weighted by Gasteiger charge is -2.36. The number of nitrogens with zero attached hydrogens (tertiary/aromatic N) is 4. The van der Waals surface area contributed by atoms with Gasteiger partial charge in [-0.1, -0.05) is 97.4 Å². The van der Waals surface area contributed by atoms with E-state index >= 15 is 0 Å². The van der Waals surface area contributed by atoms with Crippen LogP contribution in [-0.2, 0) is 29.8 Å². The number of amides is 1. The highest BCUT2D eigenvalue weighted by Gasteiger charge is 2.55. The third kappa shape index (κ3) is 4.74. The van der Waals surface area contributed by atoms with Crippen LogP contribution in [0.2, 0.25) is 0 Å². The quantitative estimate of drug-likeness (QED) is 0.279. The van der Waals surface area contributed by atoms with Crippen molar-refractivity contribution in [3.05, 3.63) is 132 Å². The van der Waals surface area contributed by atoms with Crippen LogP contribution in [0.15, 0.2) is 109 Å². The summed E-state index contributed by atoms with van der Waals surface area (Å²) in [5, 5.41) is 0. The molecule has 2 aliphatic heterocycles.